The Balaban J connectivity index is 2.36. The smallest absolute Gasteiger partial charge is 0.339 e. The number of nitrogens with zero attached hydrogens (tertiary/aromatic N) is 2. The lowest BCUT2D eigenvalue weighted by Crippen LogP contribution is -2.14. The van der Waals surface area contributed by atoms with Gasteiger partial charge in [-0.25, -0.2) is 9.78 Å². The van der Waals surface area contributed by atoms with Crippen LogP contribution in [0, 0.1) is 0 Å². The molecule has 5 heteroatoms. The summed E-state index contributed by atoms with van der Waals surface area (Å²) in [6.45, 7) is 0. The standard InChI is InChI=1S/C12H16N2O3/c1-17-12-13-7-9(11(15)16)10(14-12)8-5-3-2-4-6-8/h7-8H,2-6H2,1H3,(H,15,16). The van der Waals surface area contributed by atoms with Gasteiger partial charge in [0.15, 0.2) is 0 Å². The van der Waals surface area contributed by atoms with E-state index in [2.05, 4.69) is 9.97 Å². The van der Waals surface area contributed by atoms with Gasteiger partial charge in [0.1, 0.15) is 0 Å². The van der Waals surface area contributed by atoms with E-state index < -0.39 is 5.97 Å². The van der Waals surface area contributed by atoms with Crippen LogP contribution in [0.4, 0.5) is 0 Å². The van der Waals surface area contributed by atoms with Crippen LogP contribution in [-0.4, -0.2) is 28.2 Å². The van der Waals surface area contributed by atoms with Crippen LogP contribution < -0.4 is 4.74 Å². The maximum absolute atomic E-state index is 11.1. The SMILES string of the molecule is COc1ncc(C(=O)O)c(C2CCCCC2)n1. The highest BCUT2D eigenvalue weighted by Gasteiger charge is 2.23. The van der Waals surface area contributed by atoms with Gasteiger partial charge in [-0.2, -0.15) is 4.98 Å². The highest BCUT2D eigenvalue weighted by Crippen LogP contribution is 2.33. The topological polar surface area (TPSA) is 72.3 Å². The molecule has 0 aliphatic heterocycles. The molecule has 2 rings (SSSR count). The number of carboxylic acids is 1. The van der Waals surface area contributed by atoms with Crippen LogP contribution in [0.1, 0.15) is 54.1 Å². The lowest BCUT2D eigenvalue weighted by Gasteiger charge is -2.22. The molecule has 1 aliphatic carbocycles. The first-order valence-electron chi connectivity index (χ1n) is 5.86. The lowest BCUT2D eigenvalue weighted by molar-refractivity contribution is 0.0693. The summed E-state index contributed by atoms with van der Waals surface area (Å²) >= 11 is 0. The Labute approximate surface area is 99.9 Å². The number of aromatic nitrogens is 2. The molecular formula is C12H16N2O3. The molecule has 0 bridgehead atoms. The summed E-state index contributed by atoms with van der Waals surface area (Å²) < 4.78 is 4.97. The fourth-order valence-corrected chi connectivity index (χ4v) is 2.33. The summed E-state index contributed by atoms with van der Waals surface area (Å²) in [6, 6.07) is 0.246. The monoisotopic (exact) mass is 236 g/mol. The molecule has 5 nitrogen and oxygen atoms in total. The van der Waals surface area contributed by atoms with Crippen LogP contribution in [0.5, 0.6) is 6.01 Å². The van der Waals surface area contributed by atoms with Gasteiger partial charge in [0.2, 0.25) is 0 Å². The van der Waals surface area contributed by atoms with Crippen molar-refractivity contribution in [2.24, 2.45) is 0 Å². The summed E-state index contributed by atoms with van der Waals surface area (Å²) in [6.07, 6.45) is 6.84. The van der Waals surface area contributed by atoms with Crippen LogP contribution >= 0.6 is 0 Å². The first kappa shape index (κ1) is 11.8. The highest BCUT2D eigenvalue weighted by atomic mass is 16.5. The van der Waals surface area contributed by atoms with Crippen molar-refractivity contribution in [1.29, 1.82) is 0 Å². The van der Waals surface area contributed by atoms with Gasteiger partial charge in [-0.1, -0.05) is 19.3 Å². The summed E-state index contributed by atoms with van der Waals surface area (Å²) in [5.41, 5.74) is 0.835. The third-order valence-electron chi connectivity index (χ3n) is 3.20. The Morgan fingerprint density at radius 2 is 2.12 bits per heavy atom. The summed E-state index contributed by atoms with van der Waals surface area (Å²) in [4.78, 5) is 19.2. The molecule has 1 fully saturated rings. The third kappa shape index (κ3) is 2.54. The summed E-state index contributed by atoms with van der Waals surface area (Å²) in [7, 11) is 1.49. The number of aromatic carboxylic acids is 1. The molecule has 17 heavy (non-hydrogen) atoms. The predicted octanol–water partition coefficient (Wildman–Crippen LogP) is 2.23. The Morgan fingerprint density at radius 1 is 1.41 bits per heavy atom. The van der Waals surface area contributed by atoms with Gasteiger partial charge < -0.3 is 9.84 Å². The average Bonchev–Trinajstić information content (AvgIpc) is 2.39. The number of hydrogen-bond donors (Lipinski definition) is 1. The molecule has 1 N–H and O–H groups in total. The molecule has 0 unspecified atom stereocenters. The average molecular weight is 236 g/mol. The molecule has 0 radical (unpaired) electrons. The molecule has 1 heterocycles. The second kappa shape index (κ2) is 5.12. The Bertz CT molecular complexity index is 414. The molecule has 0 aromatic carbocycles. The molecule has 0 saturated heterocycles. The maximum atomic E-state index is 11.1. The van der Waals surface area contributed by atoms with E-state index in [1.54, 1.807) is 0 Å². The van der Waals surface area contributed by atoms with E-state index in [9.17, 15) is 4.79 Å². The van der Waals surface area contributed by atoms with E-state index in [-0.39, 0.29) is 17.5 Å². The highest BCUT2D eigenvalue weighted by molar-refractivity contribution is 5.88. The molecule has 0 spiro atoms. The Kier molecular flexibility index (Phi) is 3.56. The van der Waals surface area contributed by atoms with Crippen LogP contribution in [0.15, 0.2) is 6.20 Å². The minimum Gasteiger partial charge on any atom is -0.478 e. The minimum absolute atomic E-state index is 0.206. The van der Waals surface area contributed by atoms with Crippen molar-refractivity contribution in [2.75, 3.05) is 7.11 Å². The third-order valence-corrected chi connectivity index (χ3v) is 3.20. The summed E-state index contributed by atoms with van der Waals surface area (Å²) in [5, 5.41) is 9.14. The van der Waals surface area contributed by atoms with E-state index in [1.165, 1.54) is 19.7 Å². The van der Waals surface area contributed by atoms with Crippen LogP contribution in [0.2, 0.25) is 0 Å². The van der Waals surface area contributed by atoms with Crippen LogP contribution in [0.3, 0.4) is 0 Å². The Morgan fingerprint density at radius 3 is 2.71 bits per heavy atom. The first-order chi connectivity index (χ1) is 8.22. The number of carboxylic acid groups (broad SMARTS) is 1. The molecule has 0 amide bonds. The Hall–Kier alpha value is -1.65. The zero-order valence-corrected chi connectivity index (χ0v) is 9.85. The normalized spacial score (nSPS) is 16.8. The van der Waals surface area contributed by atoms with E-state index in [1.807, 2.05) is 0 Å². The lowest BCUT2D eigenvalue weighted by atomic mass is 9.85. The minimum atomic E-state index is -0.965. The van der Waals surface area contributed by atoms with E-state index in [4.69, 9.17) is 9.84 Å². The van der Waals surface area contributed by atoms with Crippen molar-refractivity contribution in [3.05, 3.63) is 17.5 Å². The second-order valence-corrected chi connectivity index (χ2v) is 4.30. The zero-order valence-electron chi connectivity index (χ0n) is 9.85. The quantitative estimate of drug-likeness (QED) is 0.871. The molecular weight excluding hydrogens is 220 g/mol. The zero-order chi connectivity index (χ0) is 12.3. The number of ether oxygens (including phenoxy) is 1. The predicted molar refractivity (Wildman–Crippen MR) is 61.4 cm³/mol. The number of methoxy groups -OCH3 is 1. The molecule has 1 aliphatic rings. The maximum Gasteiger partial charge on any atom is 0.339 e. The van der Waals surface area contributed by atoms with Crippen molar-refractivity contribution in [3.8, 4) is 6.01 Å². The molecule has 0 atom stereocenters. The fraction of sp³-hybridized carbons (Fsp3) is 0.583. The van der Waals surface area contributed by atoms with Crippen molar-refractivity contribution in [2.45, 2.75) is 38.0 Å². The van der Waals surface area contributed by atoms with Crippen molar-refractivity contribution in [1.82, 2.24) is 9.97 Å². The molecule has 1 saturated carbocycles. The molecule has 1 aromatic rings. The largest absolute Gasteiger partial charge is 0.478 e. The second-order valence-electron chi connectivity index (χ2n) is 4.30. The van der Waals surface area contributed by atoms with E-state index in [0.29, 0.717) is 5.69 Å². The van der Waals surface area contributed by atoms with Crippen LogP contribution in [-0.2, 0) is 0 Å². The van der Waals surface area contributed by atoms with Gasteiger partial charge in [0, 0.05) is 12.1 Å². The van der Waals surface area contributed by atoms with Crippen molar-refractivity contribution in [3.63, 3.8) is 0 Å². The van der Waals surface area contributed by atoms with Gasteiger partial charge in [0.05, 0.1) is 18.4 Å². The van der Waals surface area contributed by atoms with E-state index in [0.717, 1.165) is 25.7 Å². The number of hydrogen-bond acceptors (Lipinski definition) is 4. The van der Waals surface area contributed by atoms with Gasteiger partial charge in [0.25, 0.3) is 0 Å². The number of rotatable bonds is 3. The van der Waals surface area contributed by atoms with E-state index >= 15 is 0 Å². The van der Waals surface area contributed by atoms with Gasteiger partial charge in [-0.05, 0) is 12.8 Å². The van der Waals surface area contributed by atoms with Crippen molar-refractivity contribution >= 4 is 5.97 Å². The van der Waals surface area contributed by atoms with Gasteiger partial charge >= 0.3 is 12.0 Å². The van der Waals surface area contributed by atoms with Crippen LogP contribution in [0.25, 0.3) is 0 Å². The molecule has 1 aromatic heterocycles. The number of carbonyl (C=O) groups is 1. The van der Waals surface area contributed by atoms with Gasteiger partial charge in [-0.3, -0.25) is 0 Å². The van der Waals surface area contributed by atoms with Gasteiger partial charge in [-0.15, -0.1) is 0 Å². The fourth-order valence-electron chi connectivity index (χ4n) is 2.33. The first-order valence-corrected chi connectivity index (χ1v) is 5.86. The summed E-state index contributed by atoms with van der Waals surface area (Å²) in [5.74, 6) is -0.736. The van der Waals surface area contributed by atoms with Crippen molar-refractivity contribution < 1.29 is 14.6 Å². The molecule has 92 valence electrons.